The molecule has 2 aliphatic heterocycles. The van der Waals surface area contributed by atoms with Crippen molar-refractivity contribution in [2.24, 2.45) is 10.9 Å². The van der Waals surface area contributed by atoms with E-state index in [-0.39, 0.29) is 23.5 Å². The van der Waals surface area contributed by atoms with Crippen molar-refractivity contribution in [1.82, 2.24) is 9.97 Å². The molecule has 2 N–H and O–H groups in total. The first-order valence-electron chi connectivity index (χ1n) is 12.3. The minimum atomic E-state index is -0.313. The van der Waals surface area contributed by atoms with Gasteiger partial charge in [0, 0.05) is 47.4 Å². The topological polar surface area (TPSA) is 90.5 Å². The quantitative estimate of drug-likeness (QED) is 0.356. The van der Waals surface area contributed by atoms with E-state index in [1.54, 1.807) is 12.3 Å². The molecule has 0 aliphatic carbocycles. The highest BCUT2D eigenvalue weighted by atomic mass is 19.1. The molecule has 0 saturated carbocycles. The summed E-state index contributed by atoms with van der Waals surface area (Å²) in [5.41, 5.74) is 11.8. The number of nitrogens with zero attached hydrogens (tertiary/aromatic N) is 3. The molecule has 184 valence electrons. The Morgan fingerprint density at radius 1 is 1.08 bits per heavy atom. The van der Waals surface area contributed by atoms with Crippen LogP contribution in [0.4, 0.5) is 16.0 Å². The van der Waals surface area contributed by atoms with Crippen LogP contribution in [0.25, 0.3) is 11.3 Å². The largest absolute Gasteiger partial charge is 0.493 e. The van der Waals surface area contributed by atoms with Gasteiger partial charge in [0.05, 0.1) is 18.0 Å². The molecule has 0 spiro atoms. The van der Waals surface area contributed by atoms with Gasteiger partial charge < -0.3 is 10.5 Å². The Morgan fingerprint density at radius 2 is 1.95 bits per heavy atom. The number of ketones is 1. The first-order valence-corrected chi connectivity index (χ1v) is 12.3. The predicted molar refractivity (Wildman–Crippen MR) is 141 cm³/mol. The van der Waals surface area contributed by atoms with E-state index in [2.05, 4.69) is 9.97 Å². The van der Waals surface area contributed by atoms with Gasteiger partial charge >= 0.3 is 0 Å². The van der Waals surface area contributed by atoms with Gasteiger partial charge in [-0.05, 0) is 60.4 Å². The van der Waals surface area contributed by atoms with Gasteiger partial charge in [-0.25, -0.2) is 14.4 Å². The number of fused-ring (bicyclic) bond motifs is 2. The Balaban J connectivity index is 1.19. The van der Waals surface area contributed by atoms with E-state index in [9.17, 15) is 4.79 Å². The monoisotopic (exact) mass is 492 g/mol. The fraction of sp³-hybridized carbons (Fsp3) is 0.200. The van der Waals surface area contributed by atoms with Gasteiger partial charge in [0.2, 0.25) is 5.95 Å². The zero-order chi connectivity index (χ0) is 25.4. The number of hydrogen-bond acceptors (Lipinski definition) is 6. The maximum absolute atomic E-state index is 15.0. The van der Waals surface area contributed by atoms with Crippen LogP contribution in [-0.4, -0.2) is 28.1 Å². The molecule has 0 amide bonds. The zero-order valence-electron chi connectivity index (χ0n) is 20.2. The summed E-state index contributed by atoms with van der Waals surface area (Å²) < 4.78 is 21.1. The molecular formula is C30H25FN4O2. The molecule has 1 aromatic heterocycles. The second-order valence-electron chi connectivity index (χ2n) is 9.48. The van der Waals surface area contributed by atoms with Gasteiger partial charge in [-0.3, -0.25) is 9.79 Å². The Bertz CT molecular complexity index is 1530. The molecule has 37 heavy (non-hydrogen) atoms. The number of aromatic nitrogens is 2. The SMILES string of the molecule is Nc1nccc(-c2cc(F)c3c(c2)N=C(C2COc4ccc(C(=O)CCc5ccccc5)cc4C2)C3)n1. The van der Waals surface area contributed by atoms with E-state index < -0.39 is 0 Å². The molecule has 0 saturated heterocycles. The molecule has 2 aliphatic rings. The van der Waals surface area contributed by atoms with Crippen molar-refractivity contribution in [3.63, 3.8) is 0 Å². The summed E-state index contributed by atoms with van der Waals surface area (Å²) in [6.07, 6.45) is 3.84. The van der Waals surface area contributed by atoms with E-state index >= 15 is 4.39 Å². The Kier molecular flexibility index (Phi) is 5.96. The van der Waals surface area contributed by atoms with Crippen LogP contribution in [0.2, 0.25) is 0 Å². The normalized spacial score (nSPS) is 15.9. The number of aliphatic imine (C=N–C) groups is 1. The lowest BCUT2D eigenvalue weighted by Gasteiger charge is -2.26. The maximum atomic E-state index is 15.0. The molecule has 1 atom stereocenters. The number of nitrogen functional groups attached to an aromatic ring is 1. The van der Waals surface area contributed by atoms with Gasteiger partial charge in [0.15, 0.2) is 5.78 Å². The van der Waals surface area contributed by atoms with Gasteiger partial charge in [0.25, 0.3) is 0 Å². The molecule has 0 bridgehead atoms. The Morgan fingerprint density at radius 3 is 2.78 bits per heavy atom. The number of benzene rings is 3. The van der Waals surface area contributed by atoms with Crippen molar-refractivity contribution in [1.29, 1.82) is 0 Å². The zero-order valence-corrected chi connectivity index (χ0v) is 20.2. The van der Waals surface area contributed by atoms with Gasteiger partial charge in [-0.15, -0.1) is 0 Å². The number of Topliss-reactive ketones (excluding diaryl/α,β-unsaturated/α-hetero) is 1. The third-order valence-corrected chi connectivity index (χ3v) is 7.01. The maximum Gasteiger partial charge on any atom is 0.220 e. The summed E-state index contributed by atoms with van der Waals surface area (Å²) in [6, 6.07) is 20.7. The molecule has 1 unspecified atom stereocenters. The Hall–Kier alpha value is -4.39. The molecule has 0 radical (unpaired) electrons. The molecule has 3 aromatic carbocycles. The summed E-state index contributed by atoms with van der Waals surface area (Å²) in [5.74, 6) is 0.735. The second kappa shape index (κ2) is 9.58. The summed E-state index contributed by atoms with van der Waals surface area (Å²) in [4.78, 5) is 25.8. The smallest absolute Gasteiger partial charge is 0.220 e. The minimum absolute atomic E-state index is 0.00659. The van der Waals surface area contributed by atoms with Crippen LogP contribution < -0.4 is 10.5 Å². The highest BCUT2D eigenvalue weighted by Crippen LogP contribution is 2.38. The predicted octanol–water partition coefficient (Wildman–Crippen LogP) is 5.56. The molecule has 7 heteroatoms. The van der Waals surface area contributed by atoms with Crippen molar-refractivity contribution < 1.29 is 13.9 Å². The number of aryl methyl sites for hydroxylation is 1. The summed E-state index contributed by atoms with van der Waals surface area (Å²) >= 11 is 0. The third kappa shape index (κ3) is 4.72. The molecular weight excluding hydrogens is 467 g/mol. The number of anilines is 1. The Labute approximate surface area is 214 Å². The van der Waals surface area contributed by atoms with Crippen molar-refractivity contribution in [3.8, 4) is 17.0 Å². The lowest BCUT2D eigenvalue weighted by atomic mass is 9.89. The lowest BCUT2D eigenvalue weighted by Crippen LogP contribution is -2.28. The van der Waals surface area contributed by atoms with Crippen LogP contribution in [0.1, 0.15) is 33.5 Å². The van der Waals surface area contributed by atoms with E-state index in [1.165, 1.54) is 6.07 Å². The minimum Gasteiger partial charge on any atom is -0.493 e. The molecule has 4 aromatic rings. The summed E-state index contributed by atoms with van der Waals surface area (Å²) in [6.45, 7) is 0.470. The molecule has 6 nitrogen and oxygen atoms in total. The first kappa shape index (κ1) is 23.0. The van der Waals surface area contributed by atoms with Gasteiger partial charge in [-0.1, -0.05) is 30.3 Å². The van der Waals surface area contributed by atoms with E-state index in [0.717, 1.165) is 22.6 Å². The number of carbonyl (C=O) groups is 1. The fourth-order valence-electron chi connectivity index (χ4n) is 5.02. The van der Waals surface area contributed by atoms with Crippen LogP contribution >= 0.6 is 0 Å². The van der Waals surface area contributed by atoms with Crippen LogP contribution in [0.15, 0.2) is 77.9 Å². The molecule has 6 rings (SSSR count). The van der Waals surface area contributed by atoms with Crippen molar-refractivity contribution >= 4 is 23.1 Å². The number of carbonyl (C=O) groups excluding carboxylic acids is 1. The van der Waals surface area contributed by atoms with Crippen molar-refractivity contribution in [2.75, 3.05) is 12.3 Å². The van der Waals surface area contributed by atoms with Crippen LogP contribution in [0, 0.1) is 11.7 Å². The highest BCUT2D eigenvalue weighted by molar-refractivity contribution is 5.98. The lowest BCUT2D eigenvalue weighted by molar-refractivity contribution is 0.0982. The number of halogens is 1. The van der Waals surface area contributed by atoms with Crippen LogP contribution in [0.3, 0.4) is 0 Å². The van der Waals surface area contributed by atoms with E-state index in [4.69, 9.17) is 15.5 Å². The standard InChI is InChI=1S/C30H25FN4O2/c31-24-14-20(25-10-11-33-30(32)35-25)15-27-23(24)16-26(34-27)22-13-21-12-19(7-9-29(21)37-17-22)28(36)8-6-18-4-2-1-3-5-18/h1-5,7,9-12,14-15,22H,6,8,13,16-17H2,(H2,32,33,35). The molecule has 3 heterocycles. The fourth-order valence-corrected chi connectivity index (χ4v) is 5.02. The third-order valence-electron chi connectivity index (χ3n) is 7.01. The van der Waals surface area contributed by atoms with Crippen molar-refractivity contribution in [2.45, 2.75) is 25.7 Å². The highest BCUT2D eigenvalue weighted by Gasteiger charge is 2.30. The van der Waals surface area contributed by atoms with Crippen molar-refractivity contribution in [3.05, 3.63) is 101 Å². The first-order chi connectivity index (χ1) is 18.0. The van der Waals surface area contributed by atoms with Gasteiger partial charge in [0.1, 0.15) is 11.6 Å². The number of hydrogen-bond donors (Lipinski definition) is 1. The van der Waals surface area contributed by atoms with Crippen LogP contribution in [0.5, 0.6) is 5.75 Å². The number of rotatable bonds is 6. The number of nitrogens with two attached hydrogens (primary N) is 1. The second-order valence-corrected chi connectivity index (χ2v) is 9.48. The van der Waals surface area contributed by atoms with E-state index in [1.807, 2.05) is 54.6 Å². The van der Waals surface area contributed by atoms with Crippen LogP contribution in [-0.2, 0) is 19.3 Å². The average Bonchev–Trinajstić information content (AvgIpc) is 3.37. The molecule has 0 fully saturated rings. The van der Waals surface area contributed by atoms with E-state index in [0.29, 0.717) is 60.4 Å². The number of ether oxygens (including phenoxy) is 1. The average molecular weight is 493 g/mol. The van der Waals surface area contributed by atoms with Gasteiger partial charge in [-0.2, -0.15) is 0 Å². The summed E-state index contributed by atoms with van der Waals surface area (Å²) in [7, 11) is 0. The summed E-state index contributed by atoms with van der Waals surface area (Å²) in [5, 5.41) is 0.